The Bertz CT molecular complexity index is 486. The zero-order chi connectivity index (χ0) is 11.5. The van der Waals surface area contributed by atoms with Crippen molar-refractivity contribution in [1.29, 1.82) is 0 Å². The third kappa shape index (κ3) is 2.06. The van der Waals surface area contributed by atoms with Crippen LogP contribution in [0, 0.1) is 11.6 Å². The van der Waals surface area contributed by atoms with Gasteiger partial charge in [-0.15, -0.1) is 0 Å². The molecule has 1 atom stereocenters. The van der Waals surface area contributed by atoms with Gasteiger partial charge in [0.15, 0.2) is 0 Å². The minimum Gasteiger partial charge on any atom is -0.320 e. The molecule has 0 saturated carbocycles. The second-order valence-corrected chi connectivity index (χ2v) is 3.42. The van der Waals surface area contributed by atoms with Crippen LogP contribution in [0.15, 0.2) is 42.7 Å². The summed E-state index contributed by atoms with van der Waals surface area (Å²) in [4.78, 5) is 3.84. The van der Waals surface area contributed by atoms with Gasteiger partial charge in [0, 0.05) is 18.0 Å². The Balaban J connectivity index is 2.41. The first-order chi connectivity index (χ1) is 7.68. The molecule has 2 nitrogen and oxygen atoms in total. The molecule has 0 bridgehead atoms. The summed E-state index contributed by atoms with van der Waals surface area (Å²) in [6, 6.07) is 5.92. The van der Waals surface area contributed by atoms with E-state index in [-0.39, 0.29) is 5.56 Å². The Morgan fingerprint density at radius 1 is 1.06 bits per heavy atom. The van der Waals surface area contributed by atoms with E-state index in [2.05, 4.69) is 4.98 Å². The van der Waals surface area contributed by atoms with Gasteiger partial charge in [0.2, 0.25) is 0 Å². The monoisotopic (exact) mass is 220 g/mol. The van der Waals surface area contributed by atoms with Crippen molar-refractivity contribution in [1.82, 2.24) is 4.98 Å². The molecule has 1 heterocycles. The van der Waals surface area contributed by atoms with Gasteiger partial charge < -0.3 is 5.73 Å². The number of nitrogens with zero attached hydrogens (tertiary/aromatic N) is 1. The van der Waals surface area contributed by atoms with Crippen LogP contribution in [0.2, 0.25) is 0 Å². The van der Waals surface area contributed by atoms with Crippen LogP contribution in [0.3, 0.4) is 0 Å². The number of rotatable bonds is 2. The molecule has 16 heavy (non-hydrogen) atoms. The molecule has 0 aliphatic heterocycles. The van der Waals surface area contributed by atoms with E-state index in [1.165, 1.54) is 0 Å². The molecule has 0 spiro atoms. The summed E-state index contributed by atoms with van der Waals surface area (Å²) < 4.78 is 26.4. The fraction of sp³-hybridized carbons (Fsp3) is 0.0833. The van der Waals surface area contributed by atoms with Crippen LogP contribution >= 0.6 is 0 Å². The molecule has 82 valence electrons. The van der Waals surface area contributed by atoms with Crippen LogP contribution in [-0.4, -0.2) is 4.98 Å². The Hall–Kier alpha value is -1.81. The SMILES string of the molecule is N[C@H](c1ccncc1)c1cc(F)ccc1F. The topological polar surface area (TPSA) is 38.9 Å². The molecule has 0 radical (unpaired) electrons. The van der Waals surface area contributed by atoms with Gasteiger partial charge in [0.05, 0.1) is 6.04 Å². The molecule has 2 rings (SSSR count). The summed E-state index contributed by atoms with van der Waals surface area (Å²) in [6.45, 7) is 0. The fourth-order valence-corrected chi connectivity index (χ4v) is 1.50. The Labute approximate surface area is 91.7 Å². The number of pyridine rings is 1. The standard InChI is InChI=1S/C12H10F2N2/c13-9-1-2-11(14)10(7-9)12(15)8-3-5-16-6-4-8/h1-7,12H,15H2/t12-/m1/s1. The van der Waals surface area contributed by atoms with Crippen molar-refractivity contribution in [2.24, 2.45) is 5.73 Å². The highest BCUT2D eigenvalue weighted by molar-refractivity contribution is 5.31. The maximum absolute atomic E-state index is 13.4. The Morgan fingerprint density at radius 2 is 1.75 bits per heavy atom. The van der Waals surface area contributed by atoms with E-state index in [1.807, 2.05) is 0 Å². The van der Waals surface area contributed by atoms with Gasteiger partial charge in [-0.3, -0.25) is 4.98 Å². The minimum absolute atomic E-state index is 0.145. The van der Waals surface area contributed by atoms with Crippen LogP contribution in [0.25, 0.3) is 0 Å². The summed E-state index contributed by atoms with van der Waals surface area (Å²) in [5.74, 6) is -1.01. The first kappa shape index (κ1) is 10.7. The first-order valence-corrected chi connectivity index (χ1v) is 4.79. The van der Waals surface area contributed by atoms with E-state index >= 15 is 0 Å². The maximum atomic E-state index is 13.4. The van der Waals surface area contributed by atoms with Gasteiger partial charge in [-0.1, -0.05) is 0 Å². The molecular weight excluding hydrogens is 210 g/mol. The van der Waals surface area contributed by atoms with E-state index < -0.39 is 17.7 Å². The third-order valence-corrected chi connectivity index (χ3v) is 2.36. The number of aromatic nitrogens is 1. The molecule has 0 aliphatic carbocycles. The Kier molecular flexibility index (Phi) is 2.92. The summed E-state index contributed by atoms with van der Waals surface area (Å²) in [5.41, 5.74) is 6.69. The normalized spacial score (nSPS) is 12.4. The predicted molar refractivity (Wildman–Crippen MR) is 56.6 cm³/mol. The van der Waals surface area contributed by atoms with Gasteiger partial charge in [0.25, 0.3) is 0 Å². The average Bonchev–Trinajstić information content (AvgIpc) is 2.32. The molecule has 0 unspecified atom stereocenters. The lowest BCUT2D eigenvalue weighted by molar-refractivity contribution is 0.576. The molecule has 2 N–H and O–H groups in total. The molecule has 0 aliphatic rings. The number of hydrogen-bond donors (Lipinski definition) is 1. The Morgan fingerprint density at radius 3 is 2.44 bits per heavy atom. The lowest BCUT2D eigenvalue weighted by atomic mass is 10.00. The number of benzene rings is 1. The van der Waals surface area contributed by atoms with Crippen LogP contribution in [-0.2, 0) is 0 Å². The van der Waals surface area contributed by atoms with Gasteiger partial charge in [-0.05, 0) is 35.9 Å². The molecule has 2 aromatic rings. The van der Waals surface area contributed by atoms with Crippen molar-refractivity contribution in [3.8, 4) is 0 Å². The number of halogens is 2. The quantitative estimate of drug-likeness (QED) is 0.844. The van der Waals surface area contributed by atoms with Gasteiger partial charge >= 0.3 is 0 Å². The van der Waals surface area contributed by atoms with Gasteiger partial charge in [0.1, 0.15) is 11.6 Å². The van der Waals surface area contributed by atoms with Crippen molar-refractivity contribution >= 4 is 0 Å². The van der Waals surface area contributed by atoms with Crippen LogP contribution in [0.1, 0.15) is 17.2 Å². The average molecular weight is 220 g/mol. The minimum atomic E-state index is -0.682. The summed E-state index contributed by atoms with van der Waals surface area (Å²) in [7, 11) is 0. The van der Waals surface area contributed by atoms with Crippen molar-refractivity contribution in [3.05, 3.63) is 65.5 Å². The van der Waals surface area contributed by atoms with E-state index in [0.717, 1.165) is 18.2 Å². The van der Waals surface area contributed by atoms with Crippen LogP contribution < -0.4 is 5.73 Å². The van der Waals surface area contributed by atoms with Gasteiger partial charge in [-0.2, -0.15) is 0 Å². The fourth-order valence-electron chi connectivity index (χ4n) is 1.50. The van der Waals surface area contributed by atoms with Crippen LogP contribution in [0.4, 0.5) is 8.78 Å². The van der Waals surface area contributed by atoms with E-state index in [0.29, 0.717) is 5.56 Å². The van der Waals surface area contributed by atoms with E-state index in [9.17, 15) is 8.78 Å². The molecule has 1 aromatic carbocycles. The lowest BCUT2D eigenvalue weighted by Crippen LogP contribution is -2.13. The summed E-state index contributed by atoms with van der Waals surface area (Å²) in [6.07, 6.45) is 3.12. The largest absolute Gasteiger partial charge is 0.320 e. The third-order valence-electron chi connectivity index (χ3n) is 2.36. The molecule has 0 fully saturated rings. The van der Waals surface area contributed by atoms with Gasteiger partial charge in [-0.25, -0.2) is 8.78 Å². The van der Waals surface area contributed by atoms with E-state index in [1.54, 1.807) is 24.5 Å². The first-order valence-electron chi connectivity index (χ1n) is 4.79. The highest BCUT2D eigenvalue weighted by Crippen LogP contribution is 2.22. The number of nitrogens with two attached hydrogens (primary N) is 1. The second kappa shape index (κ2) is 4.37. The van der Waals surface area contributed by atoms with E-state index in [4.69, 9.17) is 5.73 Å². The van der Waals surface area contributed by atoms with Crippen LogP contribution in [0.5, 0.6) is 0 Å². The zero-order valence-electron chi connectivity index (χ0n) is 8.40. The van der Waals surface area contributed by atoms with Crippen molar-refractivity contribution < 1.29 is 8.78 Å². The summed E-state index contributed by atoms with van der Waals surface area (Å²) >= 11 is 0. The number of hydrogen-bond acceptors (Lipinski definition) is 2. The zero-order valence-corrected chi connectivity index (χ0v) is 8.40. The highest BCUT2D eigenvalue weighted by Gasteiger charge is 2.14. The predicted octanol–water partition coefficient (Wildman–Crippen LogP) is 2.41. The second-order valence-electron chi connectivity index (χ2n) is 3.42. The maximum Gasteiger partial charge on any atom is 0.128 e. The molecule has 0 saturated heterocycles. The summed E-state index contributed by atoms with van der Waals surface area (Å²) in [5, 5.41) is 0. The smallest absolute Gasteiger partial charge is 0.128 e. The molecule has 0 amide bonds. The van der Waals surface area contributed by atoms with Crippen molar-refractivity contribution in [2.45, 2.75) is 6.04 Å². The molecule has 4 heteroatoms. The molecular formula is C12H10F2N2. The molecule has 1 aromatic heterocycles. The van der Waals surface area contributed by atoms with Crippen molar-refractivity contribution in [2.75, 3.05) is 0 Å². The lowest BCUT2D eigenvalue weighted by Gasteiger charge is -2.13. The van der Waals surface area contributed by atoms with Crippen molar-refractivity contribution in [3.63, 3.8) is 0 Å². The highest BCUT2D eigenvalue weighted by atomic mass is 19.1.